The van der Waals surface area contributed by atoms with Gasteiger partial charge in [-0.2, -0.15) is 0 Å². The molecule has 0 saturated heterocycles. The maximum absolute atomic E-state index is 5.91. The normalized spacial score (nSPS) is 25.6. The van der Waals surface area contributed by atoms with Crippen molar-refractivity contribution in [2.75, 3.05) is 6.61 Å². The van der Waals surface area contributed by atoms with Gasteiger partial charge in [0.25, 0.3) is 0 Å². The smallest absolute Gasteiger partial charge is 0.0575 e. The molecule has 1 nitrogen and oxygen atoms in total. The summed E-state index contributed by atoms with van der Waals surface area (Å²) in [6, 6.07) is 0. The van der Waals surface area contributed by atoms with E-state index in [1.165, 1.54) is 38.5 Å². The van der Waals surface area contributed by atoms with Crippen LogP contribution in [-0.2, 0) is 4.74 Å². The van der Waals surface area contributed by atoms with Crippen molar-refractivity contribution < 1.29 is 4.74 Å². The van der Waals surface area contributed by atoms with Crippen LogP contribution < -0.4 is 0 Å². The van der Waals surface area contributed by atoms with Crippen LogP contribution in [0.2, 0.25) is 0 Å². The quantitative estimate of drug-likeness (QED) is 0.589. The van der Waals surface area contributed by atoms with Gasteiger partial charge in [0.1, 0.15) is 0 Å². The van der Waals surface area contributed by atoms with Crippen LogP contribution in [0.3, 0.4) is 0 Å². The third kappa shape index (κ3) is 6.29. The molecule has 1 heteroatoms. The van der Waals surface area contributed by atoms with Gasteiger partial charge in [-0.25, -0.2) is 0 Å². The molecule has 0 aromatic heterocycles. The van der Waals surface area contributed by atoms with E-state index in [4.69, 9.17) is 4.74 Å². The van der Waals surface area contributed by atoms with Gasteiger partial charge in [-0.15, -0.1) is 0 Å². The Hall–Kier alpha value is -0.0400. The van der Waals surface area contributed by atoms with Crippen LogP contribution in [0.15, 0.2) is 0 Å². The predicted octanol–water partition coefficient (Wildman–Crippen LogP) is 5.82. The lowest BCUT2D eigenvalue weighted by atomic mass is 9.67. The number of rotatable bonds is 6. The van der Waals surface area contributed by atoms with Gasteiger partial charge >= 0.3 is 0 Å². The molecule has 0 bridgehead atoms. The van der Waals surface area contributed by atoms with Crippen molar-refractivity contribution >= 4 is 0 Å². The Kier molecular flexibility index (Phi) is 6.36. The Bertz CT molecular complexity index is 241. The van der Waals surface area contributed by atoms with E-state index in [9.17, 15) is 0 Å². The van der Waals surface area contributed by atoms with Gasteiger partial charge in [-0.1, -0.05) is 41.5 Å². The van der Waals surface area contributed by atoms with Crippen LogP contribution in [-0.4, -0.2) is 12.7 Å². The summed E-state index contributed by atoms with van der Waals surface area (Å²) in [7, 11) is 0. The Morgan fingerprint density at radius 2 is 1.47 bits per heavy atom. The van der Waals surface area contributed by atoms with Crippen LogP contribution in [0, 0.1) is 16.7 Å². The summed E-state index contributed by atoms with van der Waals surface area (Å²) in [5.41, 5.74) is 0.974. The molecule has 1 fully saturated rings. The zero-order valence-electron chi connectivity index (χ0n) is 14.2. The van der Waals surface area contributed by atoms with Gasteiger partial charge in [0.15, 0.2) is 0 Å². The van der Waals surface area contributed by atoms with Crippen LogP contribution in [0.5, 0.6) is 0 Å². The lowest BCUT2D eigenvalue weighted by molar-refractivity contribution is -0.00142. The highest BCUT2D eigenvalue weighted by molar-refractivity contribution is 4.84. The van der Waals surface area contributed by atoms with E-state index in [1.807, 2.05) is 0 Å². The Morgan fingerprint density at radius 1 is 0.895 bits per heavy atom. The first-order chi connectivity index (χ1) is 8.74. The van der Waals surface area contributed by atoms with E-state index in [-0.39, 0.29) is 0 Å². The minimum atomic E-state index is 0.471. The molecule has 114 valence electrons. The standard InChI is InChI=1S/C18H36O/c1-7-14-19-16-10-8-15(9-11-16)18(5,6)13-12-17(2,3)4/h15-16H,7-14H2,1-6H3. The molecular formula is C18H36O. The molecule has 0 amide bonds. The van der Waals surface area contributed by atoms with E-state index < -0.39 is 0 Å². The summed E-state index contributed by atoms with van der Waals surface area (Å²) in [6.45, 7) is 15.2. The summed E-state index contributed by atoms with van der Waals surface area (Å²) in [6.07, 6.45) is 9.70. The molecular weight excluding hydrogens is 232 g/mol. The van der Waals surface area contributed by atoms with Crippen LogP contribution in [0.4, 0.5) is 0 Å². The van der Waals surface area contributed by atoms with Gasteiger partial charge in [0, 0.05) is 6.61 Å². The first kappa shape index (κ1) is 17.0. The van der Waals surface area contributed by atoms with Crippen molar-refractivity contribution in [1.82, 2.24) is 0 Å². The topological polar surface area (TPSA) is 9.23 Å². The van der Waals surface area contributed by atoms with Crippen molar-refractivity contribution in [3.8, 4) is 0 Å². The lowest BCUT2D eigenvalue weighted by Crippen LogP contribution is -2.32. The third-order valence-corrected chi connectivity index (χ3v) is 4.86. The maximum atomic E-state index is 5.91. The van der Waals surface area contributed by atoms with E-state index in [1.54, 1.807) is 0 Å². The summed E-state index contributed by atoms with van der Waals surface area (Å²) >= 11 is 0. The molecule has 1 saturated carbocycles. The monoisotopic (exact) mass is 268 g/mol. The molecule has 1 rings (SSSR count). The molecule has 0 heterocycles. The van der Waals surface area contributed by atoms with Gasteiger partial charge in [-0.05, 0) is 61.7 Å². The van der Waals surface area contributed by atoms with Gasteiger partial charge in [-0.3, -0.25) is 0 Å². The van der Waals surface area contributed by atoms with Crippen molar-refractivity contribution in [1.29, 1.82) is 0 Å². The second-order valence-electron chi connectivity index (χ2n) is 8.39. The molecule has 19 heavy (non-hydrogen) atoms. The summed E-state index contributed by atoms with van der Waals surface area (Å²) in [5, 5.41) is 0. The molecule has 0 aromatic carbocycles. The second kappa shape index (κ2) is 7.11. The SMILES string of the molecule is CCCOC1CCC(C(C)(C)CCC(C)(C)C)CC1. The molecule has 0 aliphatic heterocycles. The fourth-order valence-corrected chi connectivity index (χ4v) is 3.20. The highest BCUT2D eigenvalue weighted by atomic mass is 16.5. The molecule has 1 aliphatic carbocycles. The molecule has 0 unspecified atom stereocenters. The molecule has 0 N–H and O–H groups in total. The van der Waals surface area contributed by atoms with Crippen LogP contribution in [0.1, 0.15) is 86.5 Å². The zero-order chi connectivity index (χ0) is 14.5. The van der Waals surface area contributed by atoms with E-state index in [0.29, 0.717) is 16.9 Å². The predicted molar refractivity (Wildman–Crippen MR) is 84.5 cm³/mol. The first-order valence-corrected chi connectivity index (χ1v) is 8.36. The average Bonchev–Trinajstić information content (AvgIpc) is 2.34. The van der Waals surface area contributed by atoms with Crippen molar-refractivity contribution in [2.45, 2.75) is 92.6 Å². The highest BCUT2D eigenvalue weighted by Crippen LogP contribution is 2.43. The molecule has 0 aromatic rings. The molecule has 0 atom stereocenters. The largest absolute Gasteiger partial charge is 0.378 e. The number of hydrogen-bond acceptors (Lipinski definition) is 1. The fraction of sp³-hybridized carbons (Fsp3) is 1.00. The van der Waals surface area contributed by atoms with Crippen molar-refractivity contribution in [3.05, 3.63) is 0 Å². The first-order valence-electron chi connectivity index (χ1n) is 8.36. The highest BCUT2D eigenvalue weighted by Gasteiger charge is 2.33. The van der Waals surface area contributed by atoms with Gasteiger partial charge < -0.3 is 4.74 Å². The summed E-state index contributed by atoms with van der Waals surface area (Å²) in [5.74, 6) is 0.899. The second-order valence-corrected chi connectivity index (χ2v) is 8.39. The van der Waals surface area contributed by atoms with Gasteiger partial charge in [0.05, 0.1) is 6.10 Å². The average molecular weight is 268 g/mol. The molecule has 1 aliphatic rings. The molecule has 0 spiro atoms. The Morgan fingerprint density at radius 3 is 1.95 bits per heavy atom. The summed E-state index contributed by atoms with van der Waals surface area (Å²) < 4.78 is 5.91. The van der Waals surface area contributed by atoms with Crippen molar-refractivity contribution in [2.24, 2.45) is 16.7 Å². The number of ether oxygens (including phenoxy) is 1. The fourth-order valence-electron chi connectivity index (χ4n) is 3.20. The van der Waals surface area contributed by atoms with Crippen LogP contribution >= 0.6 is 0 Å². The van der Waals surface area contributed by atoms with Crippen LogP contribution in [0.25, 0.3) is 0 Å². The summed E-state index contributed by atoms with van der Waals surface area (Å²) in [4.78, 5) is 0. The van der Waals surface area contributed by atoms with E-state index in [0.717, 1.165) is 18.9 Å². The Balaban J connectivity index is 2.36. The van der Waals surface area contributed by atoms with E-state index >= 15 is 0 Å². The zero-order valence-corrected chi connectivity index (χ0v) is 14.2. The minimum Gasteiger partial charge on any atom is -0.378 e. The van der Waals surface area contributed by atoms with E-state index in [2.05, 4.69) is 41.5 Å². The van der Waals surface area contributed by atoms with Crippen molar-refractivity contribution in [3.63, 3.8) is 0 Å². The third-order valence-electron chi connectivity index (χ3n) is 4.86. The molecule has 0 radical (unpaired) electrons. The maximum Gasteiger partial charge on any atom is 0.0575 e. The minimum absolute atomic E-state index is 0.471. The number of hydrogen-bond donors (Lipinski definition) is 0. The van der Waals surface area contributed by atoms with Gasteiger partial charge in [0.2, 0.25) is 0 Å². The Labute approximate surface area is 121 Å². The lowest BCUT2D eigenvalue weighted by Gasteiger charge is -2.40.